The molecule has 0 spiro atoms. The summed E-state index contributed by atoms with van der Waals surface area (Å²) in [5.41, 5.74) is 7.85. The number of halogens is 2. The third-order valence-corrected chi connectivity index (χ3v) is 5.03. The van der Waals surface area contributed by atoms with Crippen molar-refractivity contribution in [1.29, 1.82) is 0 Å². The molecule has 9 nitrogen and oxygen atoms in total. The highest BCUT2D eigenvalue weighted by Gasteiger charge is 2.24. The maximum atomic E-state index is 14.4. The predicted octanol–water partition coefficient (Wildman–Crippen LogP) is 2.41. The predicted molar refractivity (Wildman–Crippen MR) is 102 cm³/mol. The quantitative estimate of drug-likeness (QED) is 0.550. The number of hydrogen-bond donors (Lipinski definition) is 1. The third kappa shape index (κ3) is 2.99. The van der Waals surface area contributed by atoms with Gasteiger partial charge in [0.25, 0.3) is 0 Å². The van der Waals surface area contributed by atoms with Crippen molar-refractivity contribution in [3.63, 3.8) is 0 Å². The first-order chi connectivity index (χ1) is 14.6. The minimum atomic E-state index is -1.07. The molecule has 1 aliphatic rings. The zero-order chi connectivity index (χ0) is 20.7. The molecule has 1 fully saturated rings. The van der Waals surface area contributed by atoms with Gasteiger partial charge in [-0.25, -0.2) is 13.8 Å². The van der Waals surface area contributed by atoms with Crippen LogP contribution < -0.4 is 5.73 Å². The molecule has 0 radical (unpaired) electrons. The molecule has 4 heterocycles. The van der Waals surface area contributed by atoms with Crippen molar-refractivity contribution in [3.05, 3.63) is 54.5 Å². The molecule has 4 aromatic rings. The SMILES string of the molecule is Nc1nccc(-c2cnn([C@H]3CCOC3)c2)c1-c1nnnn1-c1cccc(F)c1F. The maximum Gasteiger partial charge on any atom is 0.191 e. The van der Waals surface area contributed by atoms with Crippen molar-refractivity contribution in [3.8, 4) is 28.2 Å². The fourth-order valence-corrected chi connectivity index (χ4v) is 3.52. The Labute approximate surface area is 169 Å². The molecule has 1 aromatic carbocycles. The smallest absolute Gasteiger partial charge is 0.191 e. The van der Waals surface area contributed by atoms with E-state index in [1.54, 1.807) is 18.5 Å². The number of nitrogen functional groups attached to an aromatic ring is 1. The molecule has 0 unspecified atom stereocenters. The summed E-state index contributed by atoms with van der Waals surface area (Å²) in [5.74, 6) is -1.79. The van der Waals surface area contributed by atoms with Crippen molar-refractivity contribution in [1.82, 2.24) is 35.0 Å². The van der Waals surface area contributed by atoms with Gasteiger partial charge in [-0.3, -0.25) is 4.68 Å². The Morgan fingerprint density at radius 1 is 1.20 bits per heavy atom. The first-order valence-corrected chi connectivity index (χ1v) is 9.23. The fraction of sp³-hybridized carbons (Fsp3) is 0.211. The molecule has 0 saturated carbocycles. The summed E-state index contributed by atoms with van der Waals surface area (Å²) in [6.07, 6.45) is 6.02. The van der Waals surface area contributed by atoms with Crippen LogP contribution in [-0.2, 0) is 4.74 Å². The van der Waals surface area contributed by atoms with E-state index in [0.717, 1.165) is 22.7 Å². The van der Waals surface area contributed by atoms with E-state index in [2.05, 4.69) is 25.6 Å². The second-order valence-electron chi connectivity index (χ2n) is 6.83. The van der Waals surface area contributed by atoms with Gasteiger partial charge in [-0.1, -0.05) is 6.07 Å². The number of rotatable bonds is 4. The van der Waals surface area contributed by atoms with Gasteiger partial charge in [-0.15, -0.1) is 5.10 Å². The van der Waals surface area contributed by atoms with Crippen LogP contribution in [0.5, 0.6) is 0 Å². The number of anilines is 1. The van der Waals surface area contributed by atoms with Crippen LogP contribution in [0.3, 0.4) is 0 Å². The standard InChI is InChI=1S/C19H16F2N8O/c20-14-2-1-3-15(17(14)21)29-19(25-26-27-29)16-13(4-6-23-18(16)22)11-8-24-28(9-11)12-5-7-30-10-12/h1-4,6,8-9,12H,5,7,10H2,(H2,22,23)/t12-/m0/s1. The monoisotopic (exact) mass is 410 g/mol. The molecule has 152 valence electrons. The van der Waals surface area contributed by atoms with Gasteiger partial charge in [-0.05, 0) is 35.0 Å². The first-order valence-electron chi connectivity index (χ1n) is 9.23. The molecular weight excluding hydrogens is 394 g/mol. The van der Waals surface area contributed by atoms with Crippen molar-refractivity contribution >= 4 is 5.82 Å². The lowest BCUT2D eigenvalue weighted by Crippen LogP contribution is -2.08. The van der Waals surface area contributed by atoms with Gasteiger partial charge in [0.2, 0.25) is 0 Å². The van der Waals surface area contributed by atoms with E-state index in [4.69, 9.17) is 10.5 Å². The van der Waals surface area contributed by atoms with Crippen molar-refractivity contribution < 1.29 is 13.5 Å². The Kier molecular flexibility index (Phi) is 4.43. The molecule has 5 rings (SSSR count). The van der Waals surface area contributed by atoms with Crippen LogP contribution in [0.2, 0.25) is 0 Å². The Hall–Kier alpha value is -3.73. The summed E-state index contributed by atoms with van der Waals surface area (Å²) in [4.78, 5) is 4.13. The minimum Gasteiger partial charge on any atom is -0.383 e. The average molecular weight is 410 g/mol. The highest BCUT2D eigenvalue weighted by molar-refractivity contribution is 5.86. The van der Waals surface area contributed by atoms with E-state index in [1.165, 1.54) is 12.1 Å². The van der Waals surface area contributed by atoms with E-state index in [-0.39, 0.29) is 23.4 Å². The number of hydrogen-bond acceptors (Lipinski definition) is 7. The minimum absolute atomic E-state index is 0.136. The summed E-state index contributed by atoms with van der Waals surface area (Å²) < 4.78 is 36.5. The number of aromatic nitrogens is 7. The molecule has 0 amide bonds. The van der Waals surface area contributed by atoms with Crippen molar-refractivity contribution in [2.24, 2.45) is 0 Å². The Morgan fingerprint density at radius 3 is 2.93 bits per heavy atom. The molecule has 3 aromatic heterocycles. The van der Waals surface area contributed by atoms with Gasteiger partial charge in [0.15, 0.2) is 17.5 Å². The molecule has 0 aliphatic carbocycles. The van der Waals surface area contributed by atoms with Gasteiger partial charge in [-0.2, -0.15) is 9.78 Å². The zero-order valence-corrected chi connectivity index (χ0v) is 15.6. The molecule has 2 N–H and O–H groups in total. The second kappa shape index (κ2) is 7.26. The third-order valence-electron chi connectivity index (χ3n) is 5.03. The van der Waals surface area contributed by atoms with Crippen molar-refractivity contribution in [2.45, 2.75) is 12.5 Å². The molecule has 1 aliphatic heterocycles. The maximum absolute atomic E-state index is 14.4. The topological polar surface area (TPSA) is 110 Å². The summed E-state index contributed by atoms with van der Waals surface area (Å²) in [6.45, 7) is 1.30. The highest BCUT2D eigenvalue weighted by Crippen LogP contribution is 2.35. The van der Waals surface area contributed by atoms with E-state index in [1.807, 2.05) is 10.9 Å². The number of benzene rings is 1. The second-order valence-corrected chi connectivity index (χ2v) is 6.83. The first kappa shape index (κ1) is 18.3. The van der Waals surface area contributed by atoms with E-state index in [9.17, 15) is 8.78 Å². The molecular formula is C19H16F2N8O. The zero-order valence-electron chi connectivity index (χ0n) is 15.6. The summed E-state index contributed by atoms with van der Waals surface area (Å²) >= 11 is 0. The van der Waals surface area contributed by atoms with E-state index < -0.39 is 11.6 Å². The molecule has 30 heavy (non-hydrogen) atoms. The molecule has 1 saturated heterocycles. The van der Waals surface area contributed by atoms with Gasteiger partial charge >= 0.3 is 0 Å². The molecule has 1 atom stereocenters. The largest absolute Gasteiger partial charge is 0.383 e. The van der Waals surface area contributed by atoms with Crippen LogP contribution in [0.25, 0.3) is 28.2 Å². The Balaban J connectivity index is 1.64. The fourth-order valence-electron chi connectivity index (χ4n) is 3.52. The lowest BCUT2D eigenvalue weighted by Gasteiger charge is -2.11. The van der Waals surface area contributed by atoms with Gasteiger partial charge in [0.1, 0.15) is 11.5 Å². The van der Waals surface area contributed by atoms with Crippen LogP contribution in [0, 0.1) is 11.6 Å². The normalized spacial score (nSPS) is 16.3. The van der Waals surface area contributed by atoms with Crippen LogP contribution in [0.4, 0.5) is 14.6 Å². The van der Waals surface area contributed by atoms with E-state index in [0.29, 0.717) is 24.3 Å². The van der Waals surface area contributed by atoms with Crippen LogP contribution in [0.15, 0.2) is 42.9 Å². The molecule has 0 bridgehead atoms. The Morgan fingerprint density at radius 2 is 2.10 bits per heavy atom. The Bertz CT molecular complexity index is 1210. The number of nitrogens with two attached hydrogens (primary N) is 1. The number of nitrogens with zero attached hydrogens (tertiary/aromatic N) is 7. The van der Waals surface area contributed by atoms with Gasteiger partial charge in [0.05, 0.1) is 24.4 Å². The summed E-state index contributed by atoms with van der Waals surface area (Å²) in [7, 11) is 0. The lowest BCUT2D eigenvalue weighted by atomic mass is 10.0. The number of pyridine rings is 1. The van der Waals surface area contributed by atoms with Crippen molar-refractivity contribution in [2.75, 3.05) is 18.9 Å². The lowest BCUT2D eigenvalue weighted by molar-refractivity contribution is 0.184. The van der Waals surface area contributed by atoms with Gasteiger partial charge < -0.3 is 10.5 Å². The van der Waals surface area contributed by atoms with Crippen LogP contribution in [-0.4, -0.2) is 48.2 Å². The molecule has 11 heteroatoms. The van der Waals surface area contributed by atoms with Gasteiger partial charge in [0, 0.05) is 30.1 Å². The summed E-state index contributed by atoms with van der Waals surface area (Å²) in [5, 5.41) is 15.9. The van der Waals surface area contributed by atoms with E-state index >= 15 is 0 Å². The summed E-state index contributed by atoms with van der Waals surface area (Å²) in [6, 6.07) is 5.68. The number of tetrazole rings is 1. The highest BCUT2D eigenvalue weighted by atomic mass is 19.2. The average Bonchev–Trinajstić information content (AvgIpc) is 3.51. The van der Waals surface area contributed by atoms with Crippen LogP contribution >= 0.6 is 0 Å². The van der Waals surface area contributed by atoms with Crippen LogP contribution in [0.1, 0.15) is 12.5 Å². The number of ether oxygens (including phenoxy) is 1.